The molecular formula is C21H24N4O3S3. The van der Waals surface area contributed by atoms with Gasteiger partial charge in [0.25, 0.3) is 0 Å². The molecule has 1 aliphatic heterocycles. The molecule has 1 amide bonds. The lowest BCUT2D eigenvalue weighted by atomic mass is 10.2. The third-order valence-corrected chi connectivity index (χ3v) is 8.84. The molecule has 7 nitrogen and oxygen atoms in total. The first-order chi connectivity index (χ1) is 15.0. The van der Waals surface area contributed by atoms with Crippen LogP contribution in [0.4, 0.5) is 0 Å². The second kappa shape index (κ2) is 9.54. The number of thiophene rings is 1. The van der Waals surface area contributed by atoms with Crippen LogP contribution in [0.3, 0.4) is 0 Å². The smallest absolute Gasteiger partial charge is 0.233 e. The van der Waals surface area contributed by atoms with Gasteiger partial charge in [-0.3, -0.25) is 9.36 Å². The maximum Gasteiger partial charge on any atom is 0.233 e. The van der Waals surface area contributed by atoms with E-state index >= 15 is 0 Å². The van der Waals surface area contributed by atoms with Crippen molar-refractivity contribution in [3.05, 3.63) is 53.4 Å². The minimum absolute atomic E-state index is 0.0595. The zero-order chi connectivity index (χ0) is 21.8. The highest BCUT2D eigenvalue weighted by Gasteiger charge is 2.34. The van der Waals surface area contributed by atoms with Crippen LogP contribution in [-0.2, 0) is 21.2 Å². The molecule has 0 aliphatic carbocycles. The average Bonchev–Trinajstić information content (AvgIpc) is 3.48. The number of nitrogens with zero attached hydrogens (tertiary/aromatic N) is 4. The fourth-order valence-corrected chi connectivity index (χ4v) is 7.03. The number of rotatable bonds is 8. The number of sulfone groups is 1. The summed E-state index contributed by atoms with van der Waals surface area (Å²) in [5.41, 5.74) is 1.12. The number of thioether (sulfide) groups is 1. The number of hydrogen-bond acceptors (Lipinski definition) is 7. The van der Waals surface area contributed by atoms with Crippen molar-refractivity contribution in [3.8, 4) is 10.7 Å². The third-order valence-electron chi connectivity index (χ3n) is 5.28. The number of carbonyl (C=O) groups excluding carboxylic acids is 1. The van der Waals surface area contributed by atoms with Crippen molar-refractivity contribution in [1.29, 1.82) is 0 Å². The molecule has 3 aromatic rings. The van der Waals surface area contributed by atoms with E-state index in [1.807, 2.05) is 47.2 Å². The van der Waals surface area contributed by atoms with E-state index in [-0.39, 0.29) is 29.2 Å². The highest BCUT2D eigenvalue weighted by Crippen LogP contribution is 2.28. The maximum atomic E-state index is 12.9. The molecule has 1 atom stereocenters. The van der Waals surface area contributed by atoms with Gasteiger partial charge < -0.3 is 4.90 Å². The molecule has 0 radical (unpaired) electrons. The number of carbonyl (C=O) groups is 1. The van der Waals surface area contributed by atoms with Crippen molar-refractivity contribution in [2.24, 2.45) is 0 Å². The lowest BCUT2D eigenvalue weighted by molar-refractivity contribution is -0.129. The molecule has 0 saturated carbocycles. The van der Waals surface area contributed by atoms with Gasteiger partial charge in [-0.05, 0) is 30.4 Å². The molecule has 0 bridgehead atoms. The topological polar surface area (TPSA) is 85.2 Å². The quantitative estimate of drug-likeness (QED) is 0.464. The first-order valence-corrected chi connectivity index (χ1v) is 13.8. The summed E-state index contributed by atoms with van der Waals surface area (Å²) < 4.78 is 25.7. The van der Waals surface area contributed by atoms with E-state index in [9.17, 15) is 13.2 Å². The third kappa shape index (κ3) is 5.19. The van der Waals surface area contributed by atoms with Gasteiger partial charge in [0.15, 0.2) is 20.8 Å². The van der Waals surface area contributed by atoms with Gasteiger partial charge in [-0.1, -0.05) is 48.2 Å². The van der Waals surface area contributed by atoms with Crippen LogP contribution in [0, 0.1) is 0 Å². The first kappa shape index (κ1) is 22.0. The summed E-state index contributed by atoms with van der Waals surface area (Å²) in [5, 5.41) is 11.4. The normalized spacial score (nSPS) is 17.6. The van der Waals surface area contributed by atoms with E-state index in [0.29, 0.717) is 24.7 Å². The molecule has 31 heavy (non-hydrogen) atoms. The standard InChI is InChI=1S/C21H24N4O3S3/c1-2-24(17-10-12-31(27,28)15-17)19(26)14-30-21-23-22-20(18-9-6-11-29-18)25(21)13-16-7-4-3-5-8-16/h3-9,11,17H,2,10,12-15H2,1H3. The van der Waals surface area contributed by atoms with Crippen molar-refractivity contribution >= 4 is 38.8 Å². The summed E-state index contributed by atoms with van der Waals surface area (Å²) >= 11 is 2.95. The summed E-state index contributed by atoms with van der Waals surface area (Å²) in [5.74, 6) is 1.13. The van der Waals surface area contributed by atoms with Crippen molar-refractivity contribution in [3.63, 3.8) is 0 Å². The van der Waals surface area contributed by atoms with Crippen LogP contribution in [0.1, 0.15) is 18.9 Å². The lowest BCUT2D eigenvalue weighted by Crippen LogP contribution is -2.42. The SMILES string of the molecule is CCN(C(=O)CSc1nnc(-c2cccs2)n1Cc1ccccc1)C1CCS(=O)(=O)C1. The van der Waals surface area contributed by atoms with Crippen LogP contribution in [0.25, 0.3) is 10.7 Å². The van der Waals surface area contributed by atoms with Gasteiger partial charge >= 0.3 is 0 Å². The largest absolute Gasteiger partial charge is 0.338 e. The van der Waals surface area contributed by atoms with Crippen LogP contribution >= 0.6 is 23.1 Å². The zero-order valence-electron chi connectivity index (χ0n) is 17.2. The van der Waals surface area contributed by atoms with Gasteiger partial charge in [-0.15, -0.1) is 21.5 Å². The predicted octanol–water partition coefficient (Wildman–Crippen LogP) is 3.18. The average molecular weight is 477 g/mol. The van der Waals surface area contributed by atoms with Gasteiger partial charge in [-0.25, -0.2) is 8.42 Å². The molecule has 1 fully saturated rings. The van der Waals surface area contributed by atoms with Crippen molar-refractivity contribution in [2.45, 2.75) is 31.1 Å². The van der Waals surface area contributed by atoms with Crippen LogP contribution in [0.5, 0.6) is 0 Å². The summed E-state index contributed by atoms with van der Waals surface area (Å²) in [6, 6.07) is 13.8. The fraction of sp³-hybridized carbons (Fsp3) is 0.381. The summed E-state index contributed by atoms with van der Waals surface area (Å²) in [7, 11) is -3.04. The Labute approximate surface area is 190 Å². The second-order valence-corrected chi connectivity index (χ2v) is 11.5. The minimum atomic E-state index is -3.04. The Kier molecular flexibility index (Phi) is 6.78. The van der Waals surface area contributed by atoms with E-state index in [0.717, 1.165) is 16.3 Å². The lowest BCUT2D eigenvalue weighted by Gasteiger charge is -2.26. The molecule has 1 aliphatic rings. The minimum Gasteiger partial charge on any atom is -0.338 e. The van der Waals surface area contributed by atoms with E-state index in [1.54, 1.807) is 16.2 Å². The zero-order valence-corrected chi connectivity index (χ0v) is 19.6. The monoisotopic (exact) mass is 476 g/mol. The molecule has 1 saturated heterocycles. The molecule has 2 aromatic heterocycles. The van der Waals surface area contributed by atoms with E-state index in [2.05, 4.69) is 22.3 Å². The Morgan fingerprint density at radius 2 is 2.03 bits per heavy atom. The van der Waals surface area contributed by atoms with E-state index in [1.165, 1.54) is 11.8 Å². The van der Waals surface area contributed by atoms with Crippen LogP contribution in [0.15, 0.2) is 53.0 Å². The van der Waals surface area contributed by atoms with E-state index < -0.39 is 9.84 Å². The summed E-state index contributed by atoms with van der Waals surface area (Å²) in [6.07, 6.45) is 0.513. The van der Waals surface area contributed by atoms with Crippen molar-refractivity contribution in [2.75, 3.05) is 23.8 Å². The van der Waals surface area contributed by atoms with Gasteiger partial charge in [0.2, 0.25) is 5.91 Å². The number of aromatic nitrogens is 3. The van der Waals surface area contributed by atoms with Gasteiger partial charge in [0.05, 0.1) is 28.7 Å². The van der Waals surface area contributed by atoms with Crippen molar-refractivity contribution < 1.29 is 13.2 Å². The van der Waals surface area contributed by atoms with Crippen LogP contribution in [0.2, 0.25) is 0 Å². The number of hydrogen-bond donors (Lipinski definition) is 0. The van der Waals surface area contributed by atoms with E-state index in [4.69, 9.17) is 0 Å². The summed E-state index contributed by atoms with van der Waals surface area (Å²) in [4.78, 5) is 15.6. The molecule has 10 heteroatoms. The number of benzene rings is 1. The second-order valence-electron chi connectivity index (χ2n) is 7.38. The Bertz CT molecular complexity index is 1130. The Balaban J connectivity index is 1.52. The molecule has 1 unspecified atom stereocenters. The van der Waals surface area contributed by atoms with Gasteiger partial charge in [-0.2, -0.15) is 0 Å². The predicted molar refractivity (Wildman–Crippen MR) is 124 cm³/mol. The molecule has 1 aromatic carbocycles. The maximum absolute atomic E-state index is 12.9. The molecule has 4 rings (SSSR count). The fourth-order valence-electron chi connectivity index (χ4n) is 3.76. The summed E-state index contributed by atoms with van der Waals surface area (Å²) in [6.45, 7) is 2.99. The number of amides is 1. The highest BCUT2D eigenvalue weighted by molar-refractivity contribution is 7.99. The Hall–Kier alpha value is -2.17. The van der Waals surface area contributed by atoms with Crippen LogP contribution in [-0.4, -0.2) is 63.8 Å². The van der Waals surface area contributed by atoms with Crippen LogP contribution < -0.4 is 0 Å². The Morgan fingerprint density at radius 1 is 1.23 bits per heavy atom. The van der Waals surface area contributed by atoms with Gasteiger partial charge in [0.1, 0.15) is 0 Å². The Morgan fingerprint density at radius 3 is 2.68 bits per heavy atom. The first-order valence-electron chi connectivity index (χ1n) is 10.1. The molecule has 0 N–H and O–H groups in total. The molecular weight excluding hydrogens is 452 g/mol. The molecule has 3 heterocycles. The highest BCUT2D eigenvalue weighted by atomic mass is 32.2. The van der Waals surface area contributed by atoms with Crippen molar-refractivity contribution in [1.82, 2.24) is 19.7 Å². The molecule has 164 valence electrons. The van der Waals surface area contributed by atoms with Gasteiger partial charge in [0, 0.05) is 12.6 Å². The molecule has 0 spiro atoms.